The number of aromatic nitrogens is 8. The number of nitrogens with zero attached hydrogens (tertiary/aromatic N) is 9. The van der Waals surface area contributed by atoms with Gasteiger partial charge in [0.05, 0.1) is 24.2 Å². The molecule has 0 bridgehead atoms. The first-order valence-electron chi connectivity index (χ1n) is 16.8. The fraction of sp³-hybridized carbons (Fsp3) is 0.455. The number of nitrogens with two attached hydrogens (primary N) is 1. The Balaban J connectivity index is 0.853. The van der Waals surface area contributed by atoms with Gasteiger partial charge in [0.15, 0.2) is 5.65 Å². The number of nitrogens with one attached hydrogen (secondary N) is 3. The van der Waals surface area contributed by atoms with E-state index in [1.54, 1.807) is 18.6 Å². The highest BCUT2D eigenvalue weighted by atomic mass is 16.5. The highest BCUT2D eigenvalue weighted by Gasteiger charge is 2.20. The van der Waals surface area contributed by atoms with Crippen molar-refractivity contribution in [1.29, 1.82) is 0 Å². The smallest absolute Gasteiger partial charge is 0.254 e. The van der Waals surface area contributed by atoms with Crippen molar-refractivity contribution < 1.29 is 14.3 Å². The number of fused-ring (bicyclic) bond motifs is 2. The average molecular weight is 670 g/mol. The summed E-state index contributed by atoms with van der Waals surface area (Å²) >= 11 is 0. The zero-order chi connectivity index (χ0) is 34.0. The van der Waals surface area contributed by atoms with Crippen LogP contribution in [0.5, 0.6) is 0 Å². The summed E-state index contributed by atoms with van der Waals surface area (Å²) in [6.45, 7) is 9.05. The largest absolute Gasteiger partial charge is 0.383 e. The second kappa shape index (κ2) is 16.3. The highest BCUT2D eigenvalue weighted by molar-refractivity contribution is 5.99. The number of carbonyl (C=O) groups is 2. The fourth-order valence-corrected chi connectivity index (χ4v) is 5.86. The van der Waals surface area contributed by atoms with Gasteiger partial charge < -0.3 is 31.0 Å². The van der Waals surface area contributed by atoms with Gasteiger partial charge in [-0.05, 0) is 37.9 Å². The van der Waals surface area contributed by atoms with Gasteiger partial charge in [0, 0.05) is 88.0 Å². The lowest BCUT2D eigenvalue weighted by Gasteiger charge is -2.34. The van der Waals surface area contributed by atoms with E-state index in [4.69, 9.17) is 15.6 Å². The second-order valence-electron chi connectivity index (χ2n) is 11.9. The Labute approximate surface area is 283 Å². The number of H-pyrrole nitrogens is 1. The second-order valence-corrected chi connectivity index (χ2v) is 11.9. The van der Waals surface area contributed by atoms with Gasteiger partial charge in [0.1, 0.15) is 23.5 Å². The lowest BCUT2D eigenvalue weighted by Crippen LogP contribution is -2.47. The number of pyridine rings is 1. The number of hydrogen-bond acceptors (Lipinski definition) is 12. The van der Waals surface area contributed by atoms with E-state index in [1.807, 2.05) is 23.0 Å². The maximum Gasteiger partial charge on any atom is 0.254 e. The van der Waals surface area contributed by atoms with Crippen molar-refractivity contribution >= 4 is 45.6 Å². The number of piperazine rings is 1. The molecule has 0 spiro atoms. The maximum atomic E-state index is 12.5. The van der Waals surface area contributed by atoms with Gasteiger partial charge in [0.2, 0.25) is 11.9 Å². The van der Waals surface area contributed by atoms with E-state index < -0.39 is 0 Å². The molecule has 0 radical (unpaired) electrons. The van der Waals surface area contributed by atoms with Crippen LogP contribution >= 0.6 is 0 Å². The molecule has 1 saturated heterocycles. The zero-order valence-corrected chi connectivity index (χ0v) is 27.8. The number of amides is 2. The molecule has 1 fully saturated rings. The van der Waals surface area contributed by atoms with E-state index in [2.05, 4.69) is 57.3 Å². The molecule has 6 rings (SSSR count). The molecule has 2 amide bonds. The topological polar surface area (TPSA) is 198 Å². The van der Waals surface area contributed by atoms with Gasteiger partial charge in [-0.15, -0.1) is 0 Å². The van der Waals surface area contributed by atoms with E-state index in [0.717, 1.165) is 68.6 Å². The van der Waals surface area contributed by atoms with Gasteiger partial charge in [0.25, 0.3) is 5.91 Å². The third-order valence-corrected chi connectivity index (χ3v) is 8.45. The van der Waals surface area contributed by atoms with Crippen LogP contribution in [0.15, 0.2) is 43.2 Å². The molecule has 5 aromatic heterocycles. The number of rotatable bonds is 16. The molecular formula is C33H43N13O3. The average Bonchev–Trinajstić information content (AvgIpc) is 3.75. The van der Waals surface area contributed by atoms with Crippen molar-refractivity contribution in [2.45, 2.75) is 39.2 Å². The minimum Gasteiger partial charge on any atom is -0.383 e. The SMILES string of the molecule is CCCN1CCN(c2ncc(C(=O)NCCOCCC(=O)NCCCCn3nc(-c4cnc5[nH]ccc5c4)c4c(N)ncnc43)cn2)CC1. The zero-order valence-electron chi connectivity index (χ0n) is 27.8. The summed E-state index contributed by atoms with van der Waals surface area (Å²) < 4.78 is 7.38. The highest BCUT2D eigenvalue weighted by Crippen LogP contribution is 2.31. The molecule has 0 aliphatic carbocycles. The summed E-state index contributed by atoms with van der Waals surface area (Å²) in [6, 6.07) is 3.97. The van der Waals surface area contributed by atoms with Gasteiger partial charge in [-0.3, -0.25) is 14.5 Å². The molecule has 0 unspecified atom stereocenters. The number of anilines is 2. The van der Waals surface area contributed by atoms with Crippen LogP contribution in [-0.2, 0) is 16.1 Å². The third kappa shape index (κ3) is 8.45. The van der Waals surface area contributed by atoms with E-state index >= 15 is 0 Å². The molecule has 16 heteroatoms. The Morgan fingerprint density at radius 3 is 2.61 bits per heavy atom. The van der Waals surface area contributed by atoms with Crippen molar-refractivity contribution in [1.82, 2.24) is 55.2 Å². The molecule has 6 heterocycles. The van der Waals surface area contributed by atoms with Crippen LogP contribution in [-0.4, -0.2) is 115 Å². The Morgan fingerprint density at radius 1 is 0.959 bits per heavy atom. The van der Waals surface area contributed by atoms with Crippen LogP contribution in [0.25, 0.3) is 33.3 Å². The molecule has 0 aromatic carbocycles. The summed E-state index contributed by atoms with van der Waals surface area (Å²) in [7, 11) is 0. The van der Waals surface area contributed by atoms with Crippen LogP contribution in [0.3, 0.4) is 0 Å². The van der Waals surface area contributed by atoms with Crippen LogP contribution in [0.4, 0.5) is 11.8 Å². The first-order valence-corrected chi connectivity index (χ1v) is 16.8. The maximum absolute atomic E-state index is 12.5. The number of aromatic amines is 1. The van der Waals surface area contributed by atoms with E-state index in [0.29, 0.717) is 60.3 Å². The lowest BCUT2D eigenvalue weighted by atomic mass is 10.1. The quantitative estimate of drug-likeness (QED) is 0.112. The van der Waals surface area contributed by atoms with Crippen molar-refractivity contribution in [3.63, 3.8) is 0 Å². The van der Waals surface area contributed by atoms with E-state index in [-0.39, 0.29) is 24.8 Å². The molecule has 258 valence electrons. The van der Waals surface area contributed by atoms with Crippen molar-refractivity contribution in [3.05, 3.63) is 48.8 Å². The number of carbonyl (C=O) groups excluding carboxylic acids is 2. The van der Waals surface area contributed by atoms with Crippen molar-refractivity contribution in [2.75, 3.05) is 69.7 Å². The fourth-order valence-electron chi connectivity index (χ4n) is 5.86. The lowest BCUT2D eigenvalue weighted by molar-refractivity contribution is -0.122. The van der Waals surface area contributed by atoms with Crippen LogP contribution in [0.2, 0.25) is 0 Å². The molecule has 5 N–H and O–H groups in total. The Bertz CT molecular complexity index is 1850. The first-order chi connectivity index (χ1) is 24.0. The summed E-state index contributed by atoms with van der Waals surface area (Å²) in [6.07, 6.45) is 11.1. The first kappa shape index (κ1) is 33.7. The molecule has 5 aromatic rings. The molecule has 1 aliphatic heterocycles. The van der Waals surface area contributed by atoms with E-state index in [1.165, 1.54) is 6.33 Å². The standard InChI is InChI=1S/C33H43N13O3/c1-2-10-44-12-14-45(15-13-44)33-39-20-25(21-40-33)32(48)37-9-17-49-16-6-26(47)35-7-3-4-11-46-31-27(29(34)41-22-42-31)28(43-46)24-18-23-5-8-36-30(23)38-19-24/h5,8,18-22H,2-4,6-7,9-17H2,1H3,(H,35,47)(H,36,38)(H,37,48)(H2,34,41,42). The minimum absolute atomic E-state index is 0.0898. The van der Waals surface area contributed by atoms with E-state index in [9.17, 15) is 9.59 Å². The van der Waals surface area contributed by atoms with Crippen LogP contribution in [0, 0.1) is 0 Å². The number of hydrogen-bond donors (Lipinski definition) is 4. The third-order valence-electron chi connectivity index (χ3n) is 8.45. The molecule has 0 atom stereocenters. The summed E-state index contributed by atoms with van der Waals surface area (Å²) in [4.78, 5) is 54.4. The molecular weight excluding hydrogens is 626 g/mol. The monoisotopic (exact) mass is 669 g/mol. The van der Waals surface area contributed by atoms with Gasteiger partial charge in [-0.1, -0.05) is 6.92 Å². The summed E-state index contributed by atoms with van der Waals surface area (Å²) in [5, 5.41) is 12.2. The number of ether oxygens (including phenoxy) is 1. The molecule has 1 aliphatic rings. The molecule has 16 nitrogen and oxygen atoms in total. The molecule has 0 saturated carbocycles. The van der Waals surface area contributed by atoms with Gasteiger partial charge >= 0.3 is 0 Å². The Kier molecular flexibility index (Phi) is 11.2. The Hall–Kier alpha value is -5.22. The van der Waals surface area contributed by atoms with Crippen LogP contribution in [0.1, 0.15) is 43.0 Å². The normalized spacial score (nSPS) is 13.7. The Morgan fingerprint density at radius 2 is 1.80 bits per heavy atom. The summed E-state index contributed by atoms with van der Waals surface area (Å²) in [5.74, 6) is 0.665. The van der Waals surface area contributed by atoms with Crippen LogP contribution < -0.4 is 21.3 Å². The minimum atomic E-state index is -0.258. The van der Waals surface area contributed by atoms with Crippen molar-refractivity contribution in [3.8, 4) is 11.3 Å². The number of aryl methyl sites for hydroxylation is 1. The summed E-state index contributed by atoms with van der Waals surface area (Å²) in [5.41, 5.74) is 9.62. The van der Waals surface area contributed by atoms with Crippen molar-refractivity contribution in [2.24, 2.45) is 0 Å². The van der Waals surface area contributed by atoms with Gasteiger partial charge in [-0.2, -0.15) is 5.10 Å². The van der Waals surface area contributed by atoms with Gasteiger partial charge in [-0.25, -0.2) is 29.6 Å². The number of nitrogen functional groups attached to an aromatic ring is 1. The molecule has 49 heavy (non-hydrogen) atoms. The predicted molar refractivity (Wildman–Crippen MR) is 186 cm³/mol. The number of unbranched alkanes of at least 4 members (excludes halogenated alkanes) is 1. The predicted octanol–water partition coefficient (Wildman–Crippen LogP) is 2.01.